The molecule has 1 amide bonds. The van der Waals surface area contributed by atoms with Gasteiger partial charge >= 0.3 is 13.5 Å². The van der Waals surface area contributed by atoms with Crippen molar-refractivity contribution in [1.29, 1.82) is 0 Å². The number of allylic oxidation sites excluding steroid dienone is 1. The Bertz CT molecular complexity index is 1060. The fraction of sp³-hybridized carbons (Fsp3) is 0.182. The Hall–Kier alpha value is -3.12. The highest BCUT2D eigenvalue weighted by atomic mass is 16.1. The van der Waals surface area contributed by atoms with E-state index in [9.17, 15) is 4.79 Å². The van der Waals surface area contributed by atoms with E-state index in [0.717, 1.165) is 17.0 Å². The SMILES string of the molecule is CC1=CC(C(=O)NCCN)=[N+]2[BH2-]n3c(C=Cc4ccccc4)cc(C)c3C=C12. The number of aromatic nitrogens is 1. The molecule has 2 aromatic rings. The maximum absolute atomic E-state index is 12.6. The number of benzene rings is 1. The van der Waals surface area contributed by atoms with Crippen molar-refractivity contribution in [3.63, 3.8) is 0 Å². The molecule has 1 aromatic carbocycles. The zero-order chi connectivity index (χ0) is 19.7. The number of aryl methyl sites for hydroxylation is 1. The van der Waals surface area contributed by atoms with Crippen molar-refractivity contribution in [2.45, 2.75) is 13.8 Å². The summed E-state index contributed by atoms with van der Waals surface area (Å²) in [6.07, 6.45) is 8.50. The second kappa shape index (κ2) is 7.48. The second-order valence-corrected chi connectivity index (χ2v) is 7.49. The molecule has 0 aliphatic carbocycles. The monoisotopic (exact) mass is 372 g/mol. The smallest absolute Gasteiger partial charge is 0.354 e. The molecule has 3 heterocycles. The first kappa shape index (κ1) is 18.3. The van der Waals surface area contributed by atoms with Crippen molar-refractivity contribution in [2.75, 3.05) is 13.1 Å². The Morgan fingerprint density at radius 2 is 2.00 bits per heavy atom. The lowest BCUT2D eigenvalue weighted by atomic mass is 10.00. The lowest BCUT2D eigenvalue weighted by molar-refractivity contribution is -0.313. The van der Waals surface area contributed by atoms with Crippen LogP contribution in [0.3, 0.4) is 0 Å². The van der Waals surface area contributed by atoms with Gasteiger partial charge in [-0.15, -0.1) is 0 Å². The van der Waals surface area contributed by atoms with E-state index in [0.29, 0.717) is 13.1 Å². The Labute approximate surface area is 165 Å². The highest BCUT2D eigenvalue weighted by molar-refractivity contribution is 6.45. The van der Waals surface area contributed by atoms with E-state index in [-0.39, 0.29) is 5.91 Å². The molecule has 4 rings (SSSR count). The van der Waals surface area contributed by atoms with Crippen LogP contribution in [0.4, 0.5) is 0 Å². The van der Waals surface area contributed by atoms with Gasteiger partial charge in [-0.3, -0.25) is 4.79 Å². The van der Waals surface area contributed by atoms with Gasteiger partial charge in [0.25, 0.3) is 0 Å². The third kappa shape index (κ3) is 3.27. The first-order valence-electron chi connectivity index (χ1n) is 9.81. The molecule has 0 saturated carbocycles. The summed E-state index contributed by atoms with van der Waals surface area (Å²) < 4.78 is 4.58. The first-order chi connectivity index (χ1) is 13.6. The number of hydrogen-bond acceptors (Lipinski definition) is 2. The summed E-state index contributed by atoms with van der Waals surface area (Å²) in [6, 6.07) is 12.5. The summed E-state index contributed by atoms with van der Waals surface area (Å²) >= 11 is 0. The molecule has 5 nitrogen and oxygen atoms in total. The van der Waals surface area contributed by atoms with Gasteiger partial charge in [-0.1, -0.05) is 36.4 Å². The van der Waals surface area contributed by atoms with Crippen molar-refractivity contribution < 1.29 is 9.28 Å². The number of nitrogens with two attached hydrogens (primary N) is 1. The van der Waals surface area contributed by atoms with Gasteiger partial charge in [0.1, 0.15) is 0 Å². The van der Waals surface area contributed by atoms with Crippen molar-refractivity contribution >= 4 is 37.4 Å². The van der Waals surface area contributed by atoms with Crippen LogP contribution in [-0.2, 0) is 4.79 Å². The average Bonchev–Trinajstić information content (AvgIpc) is 3.21. The minimum absolute atomic E-state index is 0.0503. The zero-order valence-corrected chi connectivity index (χ0v) is 16.6. The standard InChI is InChI=1S/C22H25BN4O/c1-15-12-18(9-8-17-6-4-3-5-7-17)26-19(15)14-20-16(2)13-21(27(20)23-26)22(28)25-11-10-24/h3-9,12-14H,10-11,23-24H2,1-2H3,(H,25,28). The summed E-state index contributed by atoms with van der Waals surface area (Å²) in [5.74, 6) is -0.0503. The van der Waals surface area contributed by atoms with E-state index >= 15 is 0 Å². The minimum atomic E-state index is -0.765. The van der Waals surface area contributed by atoms with Crippen molar-refractivity contribution in [2.24, 2.45) is 5.73 Å². The van der Waals surface area contributed by atoms with E-state index in [1.807, 2.05) is 24.3 Å². The maximum Gasteiger partial charge on any atom is 0.354 e. The van der Waals surface area contributed by atoms with Gasteiger partial charge in [0.15, 0.2) is 5.70 Å². The third-order valence-electron chi connectivity index (χ3n) is 5.58. The molecule has 0 radical (unpaired) electrons. The Balaban J connectivity index is 1.71. The van der Waals surface area contributed by atoms with Crippen molar-refractivity contribution in [1.82, 2.24) is 9.79 Å². The van der Waals surface area contributed by atoms with E-state index in [1.54, 1.807) is 0 Å². The summed E-state index contributed by atoms with van der Waals surface area (Å²) in [5, 5.41) is 2.90. The predicted octanol–water partition coefficient (Wildman–Crippen LogP) is 1.66. The third-order valence-corrected chi connectivity index (χ3v) is 5.58. The molecule has 0 unspecified atom stereocenters. The van der Waals surface area contributed by atoms with Crippen LogP contribution in [0, 0.1) is 6.92 Å². The molecule has 142 valence electrons. The molecular weight excluding hydrogens is 347 g/mol. The number of carbonyl (C=O) groups excluding carboxylic acids is 1. The maximum atomic E-state index is 12.6. The molecule has 0 bridgehead atoms. The normalized spacial score (nSPS) is 15.4. The topological polar surface area (TPSA) is 63.1 Å². The summed E-state index contributed by atoms with van der Waals surface area (Å²) in [7, 11) is -0.765. The summed E-state index contributed by atoms with van der Waals surface area (Å²) in [5.41, 5.74) is 13.4. The fourth-order valence-electron chi connectivity index (χ4n) is 4.16. The number of carbonyl (C=O) groups is 1. The van der Waals surface area contributed by atoms with Gasteiger partial charge in [0.05, 0.1) is 0 Å². The lowest BCUT2D eigenvalue weighted by Gasteiger charge is -2.23. The van der Waals surface area contributed by atoms with Crippen molar-refractivity contribution in [3.05, 3.63) is 76.3 Å². The lowest BCUT2D eigenvalue weighted by Crippen LogP contribution is -2.40. The number of amides is 1. The first-order valence-corrected chi connectivity index (χ1v) is 9.81. The molecule has 3 N–H and O–H groups in total. The fourth-order valence-corrected chi connectivity index (χ4v) is 4.16. The number of rotatable bonds is 5. The predicted molar refractivity (Wildman–Crippen MR) is 118 cm³/mol. The Kier molecular flexibility index (Phi) is 4.88. The number of nitrogens with one attached hydrogen (secondary N) is 1. The second-order valence-electron chi connectivity index (χ2n) is 7.49. The molecule has 6 heteroatoms. The summed E-state index contributed by atoms with van der Waals surface area (Å²) in [6.45, 7) is 5.15. The van der Waals surface area contributed by atoms with E-state index in [2.05, 4.69) is 64.6 Å². The largest absolute Gasteiger partial charge is 0.460 e. The molecular formula is C22H25BN4O. The Morgan fingerprint density at radius 3 is 2.75 bits per heavy atom. The minimum Gasteiger partial charge on any atom is -0.460 e. The highest BCUT2D eigenvalue weighted by Gasteiger charge is 2.31. The molecule has 2 aliphatic rings. The van der Waals surface area contributed by atoms with Gasteiger partial charge in [-0.2, -0.15) is 0 Å². The van der Waals surface area contributed by atoms with Crippen LogP contribution >= 0.6 is 0 Å². The van der Waals surface area contributed by atoms with Crippen LogP contribution in [0.25, 0.3) is 18.2 Å². The number of nitrogens with zero attached hydrogens (tertiary/aromatic N) is 2. The van der Waals surface area contributed by atoms with E-state index in [4.69, 9.17) is 5.73 Å². The van der Waals surface area contributed by atoms with E-state index < -0.39 is 7.55 Å². The van der Waals surface area contributed by atoms with Crippen LogP contribution in [0.2, 0.25) is 0 Å². The van der Waals surface area contributed by atoms with Crippen LogP contribution in [0.1, 0.15) is 29.4 Å². The molecule has 0 atom stereocenters. The van der Waals surface area contributed by atoms with Gasteiger partial charge < -0.3 is 20.0 Å². The van der Waals surface area contributed by atoms with Crippen molar-refractivity contribution in [3.8, 4) is 0 Å². The van der Waals surface area contributed by atoms with Crippen LogP contribution in [0.15, 0.2) is 53.7 Å². The molecule has 0 fully saturated rings. The molecule has 0 spiro atoms. The highest BCUT2D eigenvalue weighted by Crippen LogP contribution is 2.29. The molecule has 2 aliphatic heterocycles. The van der Waals surface area contributed by atoms with Crippen LogP contribution < -0.4 is 11.1 Å². The molecule has 0 saturated heterocycles. The van der Waals surface area contributed by atoms with Crippen LogP contribution in [-0.4, -0.2) is 41.2 Å². The average molecular weight is 372 g/mol. The van der Waals surface area contributed by atoms with Gasteiger partial charge in [0, 0.05) is 42.2 Å². The summed E-state index contributed by atoms with van der Waals surface area (Å²) in [4.78, 5) is 12.6. The quantitative estimate of drug-likeness (QED) is 0.785. The molecule has 1 aromatic heterocycles. The van der Waals surface area contributed by atoms with Gasteiger partial charge in [-0.25, -0.2) is 0 Å². The molecule has 28 heavy (non-hydrogen) atoms. The van der Waals surface area contributed by atoms with E-state index in [1.165, 1.54) is 22.5 Å². The number of hydrogen-bond donors (Lipinski definition) is 2. The van der Waals surface area contributed by atoms with Gasteiger partial charge in [0.2, 0.25) is 5.71 Å². The van der Waals surface area contributed by atoms with Crippen LogP contribution in [0.5, 0.6) is 0 Å². The van der Waals surface area contributed by atoms with Gasteiger partial charge in [-0.05, 0) is 37.1 Å². The Morgan fingerprint density at radius 1 is 1.21 bits per heavy atom. The zero-order valence-electron chi connectivity index (χ0n) is 16.6. The number of fused-ring (bicyclic) bond motifs is 2.